The first kappa shape index (κ1) is 14.7. The molecule has 0 amide bonds. The first-order valence-electron chi connectivity index (χ1n) is 7.09. The quantitative estimate of drug-likeness (QED) is 0.893. The molecule has 1 heterocycles. The summed E-state index contributed by atoms with van der Waals surface area (Å²) >= 11 is 12.6. The Morgan fingerprint density at radius 1 is 1.14 bits per heavy atom. The highest BCUT2D eigenvalue weighted by Crippen LogP contribution is 2.36. The molecule has 0 saturated carbocycles. The summed E-state index contributed by atoms with van der Waals surface area (Å²) in [6.07, 6.45) is 0. The standard InChI is InChI=1S/C17H17Cl2N2/c1-12-5-6-13(17-14(18)3-2-4-15(17)19)11-16(12)21-9-7-20-8-10-21/h2-4,6,11,20H,7-10H2,1H3. The van der Waals surface area contributed by atoms with E-state index in [1.54, 1.807) is 0 Å². The van der Waals surface area contributed by atoms with Crippen LogP contribution in [0.3, 0.4) is 0 Å². The van der Waals surface area contributed by atoms with Gasteiger partial charge in [-0.3, -0.25) is 0 Å². The molecule has 0 spiro atoms. The van der Waals surface area contributed by atoms with E-state index in [0.717, 1.165) is 42.9 Å². The van der Waals surface area contributed by atoms with Crippen LogP contribution < -0.4 is 10.2 Å². The number of hydrogen-bond acceptors (Lipinski definition) is 2. The summed E-state index contributed by atoms with van der Waals surface area (Å²) in [5, 5.41) is 4.72. The highest BCUT2D eigenvalue weighted by Gasteiger charge is 2.15. The second-order valence-corrected chi connectivity index (χ2v) is 6.05. The smallest absolute Gasteiger partial charge is 0.0499 e. The largest absolute Gasteiger partial charge is 0.369 e. The molecule has 1 saturated heterocycles. The molecule has 1 aliphatic rings. The topological polar surface area (TPSA) is 15.3 Å². The van der Waals surface area contributed by atoms with Crippen LogP contribution in [0.15, 0.2) is 30.3 Å². The Morgan fingerprint density at radius 3 is 2.48 bits per heavy atom. The van der Waals surface area contributed by atoms with E-state index in [1.807, 2.05) is 24.3 Å². The van der Waals surface area contributed by atoms with Crippen molar-refractivity contribution in [1.29, 1.82) is 0 Å². The fourth-order valence-electron chi connectivity index (χ4n) is 2.71. The van der Waals surface area contributed by atoms with Crippen molar-refractivity contribution in [2.24, 2.45) is 0 Å². The number of nitrogens with zero attached hydrogens (tertiary/aromatic N) is 1. The van der Waals surface area contributed by atoms with E-state index >= 15 is 0 Å². The minimum absolute atomic E-state index is 0.672. The summed E-state index contributed by atoms with van der Waals surface area (Å²) in [5.74, 6) is 0. The van der Waals surface area contributed by atoms with E-state index in [2.05, 4.69) is 29.3 Å². The van der Waals surface area contributed by atoms with Crippen molar-refractivity contribution in [3.63, 3.8) is 0 Å². The van der Waals surface area contributed by atoms with Gasteiger partial charge in [0.2, 0.25) is 0 Å². The number of nitrogens with one attached hydrogen (secondary N) is 1. The molecule has 4 heteroatoms. The van der Waals surface area contributed by atoms with Crippen molar-refractivity contribution in [1.82, 2.24) is 5.32 Å². The Kier molecular flexibility index (Phi) is 4.39. The van der Waals surface area contributed by atoms with Crippen LogP contribution in [0.5, 0.6) is 0 Å². The van der Waals surface area contributed by atoms with E-state index < -0.39 is 0 Å². The van der Waals surface area contributed by atoms with Gasteiger partial charge in [-0.05, 0) is 48.4 Å². The molecule has 0 unspecified atom stereocenters. The lowest BCUT2D eigenvalue weighted by atomic mass is 10.0. The van der Waals surface area contributed by atoms with Crippen LogP contribution in [0, 0.1) is 13.0 Å². The number of halogens is 2. The average molecular weight is 320 g/mol. The molecule has 21 heavy (non-hydrogen) atoms. The van der Waals surface area contributed by atoms with E-state index in [0.29, 0.717) is 10.0 Å². The Morgan fingerprint density at radius 2 is 1.81 bits per heavy atom. The minimum Gasteiger partial charge on any atom is -0.369 e. The van der Waals surface area contributed by atoms with Crippen LogP contribution >= 0.6 is 23.2 Å². The van der Waals surface area contributed by atoms with Gasteiger partial charge in [-0.25, -0.2) is 0 Å². The summed E-state index contributed by atoms with van der Waals surface area (Å²) < 4.78 is 0. The highest BCUT2D eigenvalue weighted by atomic mass is 35.5. The van der Waals surface area contributed by atoms with Gasteiger partial charge in [0.05, 0.1) is 0 Å². The average Bonchev–Trinajstić information content (AvgIpc) is 2.49. The third-order valence-electron chi connectivity index (χ3n) is 3.83. The number of hydrogen-bond donors (Lipinski definition) is 1. The molecule has 2 nitrogen and oxygen atoms in total. The monoisotopic (exact) mass is 319 g/mol. The maximum Gasteiger partial charge on any atom is 0.0499 e. The van der Waals surface area contributed by atoms with Crippen molar-refractivity contribution >= 4 is 28.9 Å². The lowest BCUT2D eigenvalue weighted by Crippen LogP contribution is -2.43. The van der Waals surface area contributed by atoms with E-state index in [9.17, 15) is 0 Å². The first-order chi connectivity index (χ1) is 10.2. The van der Waals surface area contributed by atoms with E-state index in [-0.39, 0.29) is 0 Å². The van der Waals surface area contributed by atoms with Gasteiger partial charge in [0.1, 0.15) is 0 Å². The fourth-order valence-corrected chi connectivity index (χ4v) is 3.32. The predicted octanol–water partition coefficient (Wildman–Crippen LogP) is 4.18. The molecule has 0 bridgehead atoms. The SMILES string of the molecule is Cc1[c]cc(-c2c(Cl)cccc2Cl)cc1N1CCNCC1. The molecule has 0 aliphatic carbocycles. The number of rotatable bonds is 2. The number of aryl methyl sites for hydroxylation is 1. The Balaban J connectivity index is 2.05. The maximum atomic E-state index is 6.32. The summed E-state index contributed by atoms with van der Waals surface area (Å²) in [5.41, 5.74) is 4.27. The Hall–Kier alpha value is -1.22. The molecular weight excluding hydrogens is 303 g/mol. The molecule has 1 radical (unpaired) electrons. The van der Waals surface area contributed by atoms with Gasteiger partial charge >= 0.3 is 0 Å². The molecular formula is C17H17Cl2N2. The molecule has 1 N–H and O–H groups in total. The summed E-state index contributed by atoms with van der Waals surface area (Å²) in [7, 11) is 0. The van der Waals surface area contributed by atoms with Crippen molar-refractivity contribution in [2.75, 3.05) is 31.1 Å². The molecule has 3 rings (SSSR count). The van der Waals surface area contributed by atoms with Gasteiger partial charge in [0.15, 0.2) is 0 Å². The zero-order valence-corrected chi connectivity index (χ0v) is 13.4. The van der Waals surface area contributed by atoms with Crippen LogP contribution in [0.25, 0.3) is 11.1 Å². The third kappa shape index (κ3) is 3.03. The van der Waals surface area contributed by atoms with Gasteiger partial charge < -0.3 is 10.2 Å². The number of piperazine rings is 1. The van der Waals surface area contributed by atoms with E-state index in [4.69, 9.17) is 23.2 Å². The van der Waals surface area contributed by atoms with Crippen LogP contribution in [0.2, 0.25) is 10.0 Å². The van der Waals surface area contributed by atoms with Crippen LogP contribution in [-0.2, 0) is 0 Å². The molecule has 2 aromatic carbocycles. The van der Waals surface area contributed by atoms with E-state index in [1.165, 1.54) is 5.69 Å². The molecule has 0 atom stereocenters. The van der Waals surface area contributed by atoms with Crippen LogP contribution in [0.1, 0.15) is 5.56 Å². The number of anilines is 1. The number of benzene rings is 2. The van der Waals surface area contributed by atoms with Gasteiger partial charge in [0, 0.05) is 47.5 Å². The zero-order valence-electron chi connectivity index (χ0n) is 11.9. The normalized spacial score (nSPS) is 15.3. The first-order valence-corrected chi connectivity index (χ1v) is 7.85. The van der Waals surface area contributed by atoms with Gasteiger partial charge in [-0.1, -0.05) is 29.3 Å². The second kappa shape index (κ2) is 6.27. The molecule has 109 valence electrons. The van der Waals surface area contributed by atoms with Crippen molar-refractivity contribution < 1.29 is 0 Å². The van der Waals surface area contributed by atoms with Crippen molar-refractivity contribution in [3.8, 4) is 11.1 Å². The maximum absolute atomic E-state index is 6.32. The fraction of sp³-hybridized carbons (Fsp3) is 0.294. The Labute approximate surface area is 135 Å². The highest BCUT2D eigenvalue weighted by molar-refractivity contribution is 6.39. The molecule has 1 aliphatic heterocycles. The van der Waals surface area contributed by atoms with Crippen molar-refractivity contribution in [2.45, 2.75) is 6.92 Å². The summed E-state index contributed by atoms with van der Waals surface area (Å²) in [6.45, 7) is 6.13. The molecule has 1 fully saturated rings. The lowest BCUT2D eigenvalue weighted by Gasteiger charge is -2.31. The lowest BCUT2D eigenvalue weighted by molar-refractivity contribution is 0.588. The molecule has 0 aromatic heterocycles. The summed E-state index contributed by atoms with van der Waals surface area (Å²) in [6, 6.07) is 13.1. The zero-order chi connectivity index (χ0) is 14.8. The van der Waals surface area contributed by atoms with Crippen LogP contribution in [0.4, 0.5) is 5.69 Å². The van der Waals surface area contributed by atoms with Gasteiger partial charge in [-0.2, -0.15) is 0 Å². The minimum atomic E-state index is 0.672. The third-order valence-corrected chi connectivity index (χ3v) is 4.46. The summed E-state index contributed by atoms with van der Waals surface area (Å²) in [4.78, 5) is 2.39. The van der Waals surface area contributed by atoms with Crippen molar-refractivity contribution in [3.05, 3.63) is 52.0 Å². The molecule has 2 aromatic rings. The van der Waals surface area contributed by atoms with Gasteiger partial charge in [-0.15, -0.1) is 0 Å². The van der Waals surface area contributed by atoms with Crippen LogP contribution in [-0.4, -0.2) is 26.2 Å². The second-order valence-electron chi connectivity index (χ2n) is 5.23. The predicted molar refractivity (Wildman–Crippen MR) is 90.6 cm³/mol. The van der Waals surface area contributed by atoms with Gasteiger partial charge in [0.25, 0.3) is 0 Å². The Bertz CT molecular complexity index is 629.